The Labute approximate surface area is 228 Å². The van der Waals surface area contributed by atoms with Crippen LogP contribution < -0.4 is 20.1 Å². The van der Waals surface area contributed by atoms with Crippen molar-refractivity contribution in [3.05, 3.63) is 69.3 Å². The Bertz CT molecular complexity index is 1350. The van der Waals surface area contributed by atoms with Gasteiger partial charge in [0, 0.05) is 72.4 Å². The standard InChI is InChI=1S/C25H25Cl2FN6O2S/c1-35-19-6-18(29)15(5-20(19)36-9-16-17(26)8-32-24(28)22(16)27)23(30)14-3-4-21(31-7-14)33-10-25(11-33)12-34(13-25)37-2/h3-8,30H,9-13,29H2,1-2H3. The van der Waals surface area contributed by atoms with E-state index in [-0.39, 0.29) is 27.9 Å². The van der Waals surface area contributed by atoms with Gasteiger partial charge in [-0.15, -0.1) is 0 Å². The molecule has 8 nitrogen and oxygen atoms in total. The van der Waals surface area contributed by atoms with Crippen molar-refractivity contribution < 1.29 is 13.9 Å². The number of pyridine rings is 2. The van der Waals surface area contributed by atoms with Crippen LogP contribution in [0, 0.1) is 16.8 Å². The van der Waals surface area contributed by atoms with Gasteiger partial charge >= 0.3 is 0 Å². The number of rotatable bonds is 8. The number of aromatic nitrogens is 2. The highest BCUT2D eigenvalue weighted by Gasteiger charge is 2.51. The molecule has 3 aromatic rings. The second-order valence-electron chi connectivity index (χ2n) is 9.19. The minimum atomic E-state index is -0.838. The molecule has 1 aromatic carbocycles. The number of ether oxygens (including phenoxy) is 2. The average molecular weight is 563 g/mol. The molecular formula is C25H25Cl2FN6O2S. The molecule has 4 heterocycles. The van der Waals surface area contributed by atoms with E-state index in [2.05, 4.69) is 25.4 Å². The van der Waals surface area contributed by atoms with Crippen LogP contribution in [0.25, 0.3) is 0 Å². The lowest BCUT2D eigenvalue weighted by Gasteiger charge is -2.60. The SMILES string of the molecule is COc1cc(N)c(C(=N)c2ccc(N3CC4(CN(SC)C4)C3)nc2)cc1OCc1c(Cl)cnc(F)c1Cl. The summed E-state index contributed by atoms with van der Waals surface area (Å²) < 4.78 is 27.4. The first-order chi connectivity index (χ1) is 17.7. The number of hydrogen-bond acceptors (Lipinski definition) is 9. The molecule has 0 amide bonds. The summed E-state index contributed by atoms with van der Waals surface area (Å²) in [6, 6.07) is 6.99. The van der Waals surface area contributed by atoms with Gasteiger partial charge in [-0.3, -0.25) is 5.41 Å². The molecule has 194 valence electrons. The van der Waals surface area contributed by atoms with Crippen LogP contribution in [-0.4, -0.2) is 59.5 Å². The zero-order valence-electron chi connectivity index (χ0n) is 20.2. The number of methoxy groups -OCH3 is 1. The predicted molar refractivity (Wildman–Crippen MR) is 146 cm³/mol. The van der Waals surface area contributed by atoms with Gasteiger partial charge in [0.05, 0.1) is 17.8 Å². The molecule has 0 saturated carbocycles. The van der Waals surface area contributed by atoms with Crippen molar-refractivity contribution in [3.63, 3.8) is 0 Å². The molecule has 2 saturated heterocycles. The maximum Gasteiger partial charge on any atom is 0.232 e. The number of hydrogen-bond donors (Lipinski definition) is 2. The van der Waals surface area contributed by atoms with Crippen LogP contribution in [-0.2, 0) is 6.61 Å². The molecule has 1 spiro atoms. The van der Waals surface area contributed by atoms with Crippen molar-refractivity contribution in [2.45, 2.75) is 6.61 Å². The Morgan fingerprint density at radius 2 is 1.92 bits per heavy atom. The maximum absolute atomic E-state index is 13.8. The number of nitrogens with one attached hydrogen (secondary N) is 1. The van der Waals surface area contributed by atoms with Crippen LogP contribution in [0.5, 0.6) is 11.5 Å². The molecule has 3 N–H and O–H groups in total. The lowest BCUT2D eigenvalue weighted by Crippen LogP contribution is -2.70. The summed E-state index contributed by atoms with van der Waals surface area (Å²) in [5, 5.41) is 8.73. The molecular weight excluding hydrogens is 538 g/mol. The first kappa shape index (κ1) is 25.8. The van der Waals surface area contributed by atoms with Crippen LogP contribution in [0.15, 0.2) is 36.7 Å². The lowest BCUT2D eigenvalue weighted by molar-refractivity contribution is 0.0474. The van der Waals surface area contributed by atoms with E-state index >= 15 is 0 Å². The molecule has 2 aliphatic rings. The Morgan fingerprint density at radius 3 is 2.57 bits per heavy atom. The first-order valence-electron chi connectivity index (χ1n) is 11.4. The van der Waals surface area contributed by atoms with Crippen LogP contribution in [0.3, 0.4) is 0 Å². The van der Waals surface area contributed by atoms with E-state index in [0.29, 0.717) is 33.7 Å². The van der Waals surface area contributed by atoms with E-state index in [1.54, 1.807) is 30.3 Å². The second kappa shape index (κ2) is 10.2. The van der Waals surface area contributed by atoms with Crippen molar-refractivity contribution in [3.8, 4) is 11.5 Å². The number of nitrogen functional groups attached to an aromatic ring is 1. The van der Waals surface area contributed by atoms with Gasteiger partial charge in [0.25, 0.3) is 0 Å². The molecule has 0 bridgehead atoms. The van der Waals surface area contributed by atoms with Crippen LogP contribution >= 0.6 is 35.1 Å². The largest absolute Gasteiger partial charge is 0.493 e. The van der Waals surface area contributed by atoms with E-state index in [0.717, 1.165) is 32.0 Å². The van der Waals surface area contributed by atoms with Crippen molar-refractivity contribution in [1.29, 1.82) is 5.41 Å². The van der Waals surface area contributed by atoms with Crippen molar-refractivity contribution >= 4 is 52.4 Å². The summed E-state index contributed by atoms with van der Waals surface area (Å²) in [6.07, 6.45) is 4.96. The maximum atomic E-state index is 13.8. The van der Waals surface area contributed by atoms with Crippen LogP contribution in [0.1, 0.15) is 16.7 Å². The quantitative estimate of drug-likeness (QED) is 0.173. The Balaban J connectivity index is 1.31. The van der Waals surface area contributed by atoms with Crippen molar-refractivity contribution in [2.75, 3.05) is 50.2 Å². The second-order valence-corrected chi connectivity index (χ2v) is 10.9. The molecule has 0 aliphatic carbocycles. The van der Waals surface area contributed by atoms with Crippen molar-refractivity contribution in [1.82, 2.24) is 14.3 Å². The minimum Gasteiger partial charge on any atom is -0.493 e. The smallest absolute Gasteiger partial charge is 0.232 e. The Kier molecular flexibility index (Phi) is 7.10. The molecule has 2 aliphatic heterocycles. The highest BCUT2D eigenvalue weighted by atomic mass is 35.5. The lowest BCUT2D eigenvalue weighted by atomic mass is 9.74. The summed E-state index contributed by atoms with van der Waals surface area (Å²) in [5.41, 5.74) is 8.48. The third-order valence-electron chi connectivity index (χ3n) is 6.70. The molecule has 0 unspecified atom stereocenters. The normalized spacial score (nSPS) is 16.3. The number of benzene rings is 1. The van der Waals surface area contributed by atoms with Gasteiger partial charge in [0.15, 0.2) is 11.5 Å². The fourth-order valence-corrected chi connectivity index (χ4v) is 5.91. The summed E-state index contributed by atoms with van der Waals surface area (Å²) in [4.78, 5) is 10.3. The first-order valence-corrected chi connectivity index (χ1v) is 13.4. The predicted octanol–water partition coefficient (Wildman–Crippen LogP) is 4.91. The molecule has 2 fully saturated rings. The Morgan fingerprint density at radius 1 is 1.16 bits per heavy atom. The van der Waals surface area contributed by atoms with Gasteiger partial charge in [0.1, 0.15) is 17.4 Å². The summed E-state index contributed by atoms with van der Waals surface area (Å²) in [6.45, 7) is 4.09. The number of nitrogens with two attached hydrogens (primary N) is 1. The zero-order chi connectivity index (χ0) is 26.3. The van der Waals surface area contributed by atoms with Gasteiger partial charge in [0.2, 0.25) is 5.95 Å². The van der Waals surface area contributed by atoms with Gasteiger partial charge in [-0.1, -0.05) is 35.1 Å². The molecule has 37 heavy (non-hydrogen) atoms. The van der Waals surface area contributed by atoms with E-state index < -0.39 is 5.95 Å². The van der Waals surface area contributed by atoms with Gasteiger partial charge in [-0.05, 0) is 24.5 Å². The fraction of sp³-hybridized carbons (Fsp3) is 0.320. The summed E-state index contributed by atoms with van der Waals surface area (Å²) >= 11 is 13.9. The minimum absolute atomic E-state index is 0.132. The third-order valence-corrected chi connectivity index (χ3v) is 8.18. The molecule has 0 radical (unpaired) electrons. The number of nitrogens with zero attached hydrogens (tertiary/aromatic N) is 4. The average Bonchev–Trinajstić information content (AvgIpc) is 2.85. The zero-order valence-corrected chi connectivity index (χ0v) is 22.6. The van der Waals surface area contributed by atoms with Crippen molar-refractivity contribution in [2.24, 2.45) is 5.41 Å². The van der Waals surface area contributed by atoms with Gasteiger partial charge < -0.3 is 20.1 Å². The number of anilines is 2. The highest BCUT2D eigenvalue weighted by molar-refractivity contribution is 7.96. The van der Waals surface area contributed by atoms with E-state index in [9.17, 15) is 4.39 Å². The molecule has 5 rings (SSSR count). The molecule has 12 heteroatoms. The Hall–Kier alpha value is -2.79. The van der Waals surface area contributed by atoms with E-state index in [1.165, 1.54) is 13.3 Å². The van der Waals surface area contributed by atoms with Crippen LogP contribution in [0.4, 0.5) is 15.9 Å². The van der Waals surface area contributed by atoms with E-state index in [1.807, 2.05) is 12.1 Å². The fourth-order valence-electron chi connectivity index (χ4n) is 4.66. The van der Waals surface area contributed by atoms with E-state index in [4.69, 9.17) is 43.8 Å². The molecule has 0 atom stereocenters. The third kappa shape index (κ3) is 4.90. The summed E-state index contributed by atoms with van der Waals surface area (Å²) in [7, 11) is 1.48. The topological polar surface area (TPSA) is 101 Å². The highest BCUT2D eigenvalue weighted by Crippen LogP contribution is 2.43. The molecule has 2 aromatic heterocycles. The number of halogens is 3. The summed E-state index contributed by atoms with van der Waals surface area (Å²) in [5.74, 6) is 0.716. The van der Waals surface area contributed by atoms with Gasteiger partial charge in [-0.2, -0.15) is 4.39 Å². The van der Waals surface area contributed by atoms with Gasteiger partial charge in [-0.25, -0.2) is 14.3 Å². The van der Waals surface area contributed by atoms with Crippen LogP contribution in [0.2, 0.25) is 10.0 Å². The monoisotopic (exact) mass is 562 g/mol.